The second kappa shape index (κ2) is 9.60. The highest BCUT2D eigenvalue weighted by atomic mass is 16.5. The number of hydrogen-bond acceptors (Lipinski definition) is 6. The molecule has 7 nitrogen and oxygen atoms in total. The molecule has 1 aromatic carbocycles. The molecule has 0 aliphatic rings. The van der Waals surface area contributed by atoms with Crippen LogP contribution in [0.15, 0.2) is 30.6 Å². The second-order valence-corrected chi connectivity index (χ2v) is 5.77. The number of methoxy groups -OCH3 is 2. The molecule has 2 rings (SSSR count). The van der Waals surface area contributed by atoms with Crippen LogP contribution in [0.1, 0.15) is 37.2 Å². The van der Waals surface area contributed by atoms with E-state index in [1.807, 2.05) is 0 Å². The van der Waals surface area contributed by atoms with Crippen LogP contribution in [-0.4, -0.2) is 43.2 Å². The molecule has 1 N–H and O–H groups in total. The Bertz CT molecular complexity index is 713. The summed E-state index contributed by atoms with van der Waals surface area (Å²) in [4.78, 5) is 23.2. The first kappa shape index (κ1) is 19.5. The Morgan fingerprint density at radius 2 is 1.73 bits per heavy atom. The van der Waals surface area contributed by atoms with E-state index in [1.165, 1.54) is 6.20 Å². The minimum Gasteiger partial charge on any atom is -0.493 e. The summed E-state index contributed by atoms with van der Waals surface area (Å²) in [6.07, 6.45) is 5.21. The molecule has 1 amide bonds. The third-order valence-electron chi connectivity index (χ3n) is 3.82. The highest BCUT2D eigenvalue weighted by Gasteiger charge is 2.12. The molecule has 0 spiro atoms. The van der Waals surface area contributed by atoms with E-state index in [0.717, 1.165) is 31.7 Å². The van der Waals surface area contributed by atoms with Crippen molar-refractivity contribution in [3.8, 4) is 11.5 Å². The molecule has 0 fully saturated rings. The van der Waals surface area contributed by atoms with Crippen LogP contribution in [0.3, 0.4) is 0 Å². The number of hydrogen-bond donors (Lipinski definition) is 1. The second-order valence-electron chi connectivity index (χ2n) is 5.77. The molecule has 0 aliphatic heterocycles. The summed E-state index contributed by atoms with van der Waals surface area (Å²) >= 11 is 0. The summed E-state index contributed by atoms with van der Waals surface area (Å²) < 4.78 is 10.4. The van der Waals surface area contributed by atoms with Gasteiger partial charge in [-0.2, -0.15) is 0 Å². The van der Waals surface area contributed by atoms with Gasteiger partial charge in [-0.25, -0.2) is 9.97 Å². The van der Waals surface area contributed by atoms with E-state index in [-0.39, 0.29) is 11.6 Å². The van der Waals surface area contributed by atoms with Gasteiger partial charge in [-0.15, -0.1) is 0 Å². The maximum atomic E-state index is 12.4. The normalized spacial score (nSPS) is 10.3. The van der Waals surface area contributed by atoms with Crippen LogP contribution in [0.2, 0.25) is 0 Å². The zero-order valence-corrected chi connectivity index (χ0v) is 15.8. The van der Waals surface area contributed by atoms with Crippen LogP contribution in [0.4, 0.5) is 11.5 Å². The van der Waals surface area contributed by atoms with Gasteiger partial charge in [0.05, 0.1) is 26.6 Å². The Labute approximate surface area is 154 Å². The topological polar surface area (TPSA) is 76.6 Å². The molecular formula is C19H26N4O3. The Kier molecular flexibility index (Phi) is 7.20. The van der Waals surface area contributed by atoms with Gasteiger partial charge in [-0.05, 0) is 25.0 Å². The van der Waals surface area contributed by atoms with E-state index in [9.17, 15) is 4.79 Å². The van der Waals surface area contributed by atoms with Crippen molar-refractivity contribution in [2.45, 2.75) is 26.7 Å². The molecule has 7 heteroatoms. The molecule has 0 atom stereocenters. The van der Waals surface area contributed by atoms with Crippen molar-refractivity contribution in [2.24, 2.45) is 0 Å². The zero-order chi connectivity index (χ0) is 18.9. The standard InChI is InChI=1S/C19H26N4O3/c1-5-9-23(10-6-2)18-13-20-15(12-21-18)19(24)22-14-7-8-16(25-3)17(11-14)26-4/h7-8,11-13H,5-6,9-10H2,1-4H3,(H,22,24). The number of amides is 1. The van der Waals surface area contributed by atoms with Gasteiger partial charge in [0.15, 0.2) is 11.5 Å². The summed E-state index contributed by atoms with van der Waals surface area (Å²) in [5.74, 6) is 1.60. The number of nitrogens with zero attached hydrogens (tertiary/aromatic N) is 3. The molecule has 0 unspecified atom stereocenters. The van der Waals surface area contributed by atoms with Gasteiger partial charge in [0.25, 0.3) is 5.91 Å². The number of ether oxygens (including phenoxy) is 2. The van der Waals surface area contributed by atoms with Gasteiger partial charge in [-0.1, -0.05) is 13.8 Å². The fourth-order valence-corrected chi connectivity index (χ4v) is 2.59. The lowest BCUT2D eigenvalue weighted by Gasteiger charge is -2.22. The summed E-state index contributed by atoms with van der Waals surface area (Å²) in [7, 11) is 3.11. The van der Waals surface area contributed by atoms with Crippen molar-refractivity contribution in [3.05, 3.63) is 36.3 Å². The smallest absolute Gasteiger partial charge is 0.275 e. The van der Waals surface area contributed by atoms with Crippen molar-refractivity contribution in [1.82, 2.24) is 9.97 Å². The van der Waals surface area contributed by atoms with E-state index in [0.29, 0.717) is 17.2 Å². The van der Waals surface area contributed by atoms with Gasteiger partial charge < -0.3 is 19.7 Å². The van der Waals surface area contributed by atoms with Gasteiger partial charge in [-0.3, -0.25) is 4.79 Å². The highest BCUT2D eigenvalue weighted by Crippen LogP contribution is 2.29. The monoisotopic (exact) mass is 358 g/mol. The number of aromatic nitrogens is 2. The highest BCUT2D eigenvalue weighted by molar-refractivity contribution is 6.02. The molecule has 0 aliphatic carbocycles. The molecule has 0 saturated heterocycles. The Hall–Kier alpha value is -2.83. The number of benzene rings is 1. The van der Waals surface area contributed by atoms with Crippen LogP contribution in [0.25, 0.3) is 0 Å². The summed E-state index contributed by atoms with van der Waals surface area (Å²) in [5.41, 5.74) is 0.855. The summed E-state index contributed by atoms with van der Waals surface area (Å²) in [5, 5.41) is 2.79. The molecule has 0 saturated carbocycles. The average Bonchev–Trinajstić information content (AvgIpc) is 2.67. The molecule has 0 radical (unpaired) electrons. The van der Waals surface area contributed by atoms with Crippen molar-refractivity contribution in [1.29, 1.82) is 0 Å². The maximum Gasteiger partial charge on any atom is 0.275 e. The molecule has 1 aromatic heterocycles. The molecule has 0 bridgehead atoms. The summed E-state index contributed by atoms with van der Waals surface area (Å²) in [6.45, 7) is 6.08. The predicted molar refractivity (Wildman–Crippen MR) is 102 cm³/mol. The van der Waals surface area contributed by atoms with Crippen LogP contribution in [-0.2, 0) is 0 Å². The van der Waals surface area contributed by atoms with Crippen molar-refractivity contribution >= 4 is 17.4 Å². The van der Waals surface area contributed by atoms with Crippen molar-refractivity contribution in [3.63, 3.8) is 0 Å². The van der Waals surface area contributed by atoms with Crippen LogP contribution >= 0.6 is 0 Å². The van der Waals surface area contributed by atoms with Gasteiger partial charge in [0.1, 0.15) is 11.5 Å². The van der Waals surface area contributed by atoms with Gasteiger partial charge in [0, 0.05) is 24.8 Å². The largest absolute Gasteiger partial charge is 0.493 e. The maximum absolute atomic E-state index is 12.4. The Balaban J connectivity index is 2.10. The SMILES string of the molecule is CCCN(CCC)c1cnc(C(=O)Nc2ccc(OC)c(OC)c2)cn1. The molecule has 140 valence electrons. The number of carbonyl (C=O) groups excluding carboxylic acids is 1. The number of rotatable bonds is 9. The molecule has 2 aromatic rings. The lowest BCUT2D eigenvalue weighted by atomic mass is 10.2. The first-order valence-electron chi connectivity index (χ1n) is 8.73. The van der Waals surface area contributed by atoms with Crippen LogP contribution in [0, 0.1) is 0 Å². The predicted octanol–water partition coefficient (Wildman–Crippen LogP) is 3.37. The molecule has 1 heterocycles. The van der Waals surface area contributed by atoms with Gasteiger partial charge >= 0.3 is 0 Å². The minimum atomic E-state index is -0.325. The quantitative estimate of drug-likeness (QED) is 0.741. The first-order chi connectivity index (χ1) is 12.6. The fraction of sp³-hybridized carbons (Fsp3) is 0.421. The first-order valence-corrected chi connectivity index (χ1v) is 8.73. The number of carbonyl (C=O) groups is 1. The van der Waals surface area contributed by atoms with Crippen molar-refractivity contribution in [2.75, 3.05) is 37.5 Å². The van der Waals surface area contributed by atoms with Crippen LogP contribution < -0.4 is 19.7 Å². The summed E-state index contributed by atoms with van der Waals surface area (Å²) in [6, 6.07) is 5.17. The number of anilines is 2. The molecular weight excluding hydrogens is 332 g/mol. The van der Waals surface area contributed by atoms with E-state index >= 15 is 0 Å². The van der Waals surface area contributed by atoms with E-state index in [4.69, 9.17) is 9.47 Å². The average molecular weight is 358 g/mol. The lowest BCUT2D eigenvalue weighted by Crippen LogP contribution is -2.26. The molecule has 26 heavy (non-hydrogen) atoms. The van der Waals surface area contributed by atoms with E-state index < -0.39 is 0 Å². The van der Waals surface area contributed by atoms with E-state index in [2.05, 4.69) is 34.0 Å². The van der Waals surface area contributed by atoms with E-state index in [1.54, 1.807) is 38.6 Å². The Morgan fingerprint density at radius 1 is 1.04 bits per heavy atom. The minimum absolute atomic E-state index is 0.261. The third-order valence-corrected chi connectivity index (χ3v) is 3.82. The van der Waals surface area contributed by atoms with Crippen LogP contribution in [0.5, 0.6) is 11.5 Å². The zero-order valence-electron chi connectivity index (χ0n) is 15.8. The van der Waals surface area contributed by atoms with Crippen molar-refractivity contribution < 1.29 is 14.3 Å². The third kappa shape index (κ3) is 4.84. The fourth-order valence-electron chi connectivity index (χ4n) is 2.59. The lowest BCUT2D eigenvalue weighted by molar-refractivity contribution is 0.102. The number of nitrogens with one attached hydrogen (secondary N) is 1. The Morgan fingerprint density at radius 3 is 2.27 bits per heavy atom. The van der Waals surface area contributed by atoms with Gasteiger partial charge in [0.2, 0.25) is 0 Å².